The standard InChI is InChI=1S/C52H39NS/c1-51(2)44-28-25-36(31-42(44)49-45(51)29-27-41-40-16-8-10-19-48(40)54-50(41)49)53(47-18-11-13-33-12-5-6-14-37(33)47)35-23-20-32(21-24-35)34-22-26-39-38-15-7-9-17-43(38)52(3,4)46(39)30-34/h5-31H,1-4H3. The van der Waals surface area contributed by atoms with Crippen molar-refractivity contribution in [2.24, 2.45) is 0 Å². The maximum absolute atomic E-state index is 2.46. The molecule has 0 unspecified atom stereocenters. The molecule has 1 nitrogen and oxygen atoms in total. The lowest BCUT2D eigenvalue weighted by Crippen LogP contribution is -2.15. The summed E-state index contributed by atoms with van der Waals surface area (Å²) in [7, 11) is 0. The Labute approximate surface area is 320 Å². The highest BCUT2D eigenvalue weighted by Gasteiger charge is 2.38. The molecular formula is C52H39NS. The quantitative estimate of drug-likeness (QED) is 0.176. The van der Waals surface area contributed by atoms with Crippen LogP contribution < -0.4 is 4.90 Å². The number of hydrogen-bond acceptors (Lipinski definition) is 2. The lowest BCUT2D eigenvalue weighted by molar-refractivity contribution is 0.660. The van der Waals surface area contributed by atoms with E-state index in [0.29, 0.717) is 0 Å². The Hall–Kier alpha value is -5.96. The summed E-state index contributed by atoms with van der Waals surface area (Å²) < 4.78 is 2.73. The van der Waals surface area contributed by atoms with Gasteiger partial charge in [-0.25, -0.2) is 0 Å². The van der Waals surface area contributed by atoms with E-state index in [1.807, 2.05) is 11.3 Å². The van der Waals surface area contributed by atoms with Crippen molar-refractivity contribution in [3.63, 3.8) is 0 Å². The molecular weight excluding hydrogens is 671 g/mol. The van der Waals surface area contributed by atoms with Gasteiger partial charge in [-0.2, -0.15) is 0 Å². The highest BCUT2D eigenvalue weighted by Crippen LogP contribution is 2.55. The summed E-state index contributed by atoms with van der Waals surface area (Å²) in [6.45, 7) is 9.48. The lowest BCUT2D eigenvalue weighted by atomic mass is 9.81. The number of thiophene rings is 1. The van der Waals surface area contributed by atoms with Crippen molar-refractivity contribution in [2.75, 3.05) is 4.90 Å². The second-order valence-electron chi connectivity index (χ2n) is 16.1. The summed E-state index contributed by atoms with van der Waals surface area (Å²) in [4.78, 5) is 2.46. The molecule has 0 N–H and O–H groups in total. The molecule has 0 saturated carbocycles. The predicted octanol–water partition coefficient (Wildman–Crippen LogP) is 15.0. The number of nitrogens with zero attached hydrogens (tertiary/aromatic N) is 1. The van der Waals surface area contributed by atoms with Gasteiger partial charge < -0.3 is 4.90 Å². The van der Waals surface area contributed by atoms with Gasteiger partial charge in [0.25, 0.3) is 0 Å². The Bertz CT molecular complexity index is 2990. The SMILES string of the molecule is CC1(C)c2ccccc2-c2ccc(-c3ccc(N(c4ccc5c(c4)-c4c(ccc6c4sc4ccccc46)C5(C)C)c4cccc5ccccc45)cc3)cc21. The summed E-state index contributed by atoms with van der Waals surface area (Å²) in [6, 6.07) is 61.3. The molecule has 0 saturated heterocycles. The molecule has 0 spiro atoms. The minimum atomic E-state index is -0.0920. The van der Waals surface area contributed by atoms with E-state index in [1.165, 1.54) is 92.3 Å². The molecule has 0 radical (unpaired) electrons. The number of fused-ring (bicyclic) bond motifs is 11. The van der Waals surface area contributed by atoms with Crippen LogP contribution in [-0.2, 0) is 10.8 Å². The topological polar surface area (TPSA) is 3.24 Å². The van der Waals surface area contributed by atoms with Crippen molar-refractivity contribution in [1.29, 1.82) is 0 Å². The molecule has 1 heterocycles. The first-order valence-corrected chi connectivity index (χ1v) is 19.8. The summed E-state index contributed by atoms with van der Waals surface area (Å²) in [5.41, 5.74) is 16.9. The number of benzene rings is 8. The zero-order valence-corrected chi connectivity index (χ0v) is 31.8. The Morgan fingerprint density at radius 1 is 0.426 bits per heavy atom. The molecule has 54 heavy (non-hydrogen) atoms. The van der Waals surface area contributed by atoms with Gasteiger partial charge >= 0.3 is 0 Å². The van der Waals surface area contributed by atoms with Gasteiger partial charge in [-0.15, -0.1) is 11.3 Å². The van der Waals surface area contributed by atoms with E-state index >= 15 is 0 Å². The molecule has 0 fully saturated rings. The van der Waals surface area contributed by atoms with Crippen molar-refractivity contribution in [3.05, 3.63) is 186 Å². The fourth-order valence-electron chi connectivity index (χ4n) is 9.66. The average Bonchev–Trinajstić information content (AvgIpc) is 3.78. The van der Waals surface area contributed by atoms with Crippen molar-refractivity contribution in [2.45, 2.75) is 38.5 Å². The van der Waals surface area contributed by atoms with Crippen LogP contribution in [0.25, 0.3) is 64.3 Å². The molecule has 2 heteroatoms. The van der Waals surface area contributed by atoms with Crippen LogP contribution in [0.2, 0.25) is 0 Å². The minimum Gasteiger partial charge on any atom is -0.310 e. The van der Waals surface area contributed by atoms with Crippen LogP contribution in [-0.4, -0.2) is 0 Å². The Kier molecular flexibility index (Phi) is 6.59. The zero-order valence-electron chi connectivity index (χ0n) is 30.9. The number of rotatable bonds is 4. The summed E-state index contributed by atoms with van der Waals surface area (Å²) in [5, 5.41) is 5.16. The van der Waals surface area contributed by atoms with Gasteiger partial charge in [-0.3, -0.25) is 0 Å². The number of anilines is 3. The first-order chi connectivity index (χ1) is 26.3. The fraction of sp³-hybridized carbons (Fsp3) is 0.115. The van der Waals surface area contributed by atoms with E-state index in [-0.39, 0.29) is 10.8 Å². The monoisotopic (exact) mass is 709 g/mol. The first-order valence-electron chi connectivity index (χ1n) is 19.0. The third-order valence-electron chi connectivity index (χ3n) is 12.5. The maximum Gasteiger partial charge on any atom is 0.0540 e. The molecule has 2 aliphatic carbocycles. The van der Waals surface area contributed by atoms with Crippen LogP contribution in [0.15, 0.2) is 164 Å². The Morgan fingerprint density at radius 2 is 1.07 bits per heavy atom. The molecule has 2 aliphatic rings. The van der Waals surface area contributed by atoms with Crippen molar-refractivity contribution in [1.82, 2.24) is 0 Å². The molecule has 11 rings (SSSR count). The Morgan fingerprint density at radius 3 is 1.94 bits per heavy atom. The van der Waals surface area contributed by atoms with Gasteiger partial charge in [-0.05, 0) is 97.9 Å². The zero-order chi connectivity index (χ0) is 36.3. The van der Waals surface area contributed by atoms with Gasteiger partial charge in [-0.1, -0.05) is 149 Å². The van der Waals surface area contributed by atoms with Crippen molar-refractivity contribution >= 4 is 59.3 Å². The highest BCUT2D eigenvalue weighted by atomic mass is 32.1. The minimum absolute atomic E-state index is 0.0325. The lowest BCUT2D eigenvalue weighted by Gasteiger charge is -2.28. The van der Waals surface area contributed by atoms with E-state index < -0.39 is 0 Å². The molecule has 0 amide bonds. The second-order valence-corrected chi connectivity index (χ2v) is 17.2. The number of hydrogen-bond donors (Lipinski definition) is 0. The predicted molar refractivity (Wildman–Crippen MR) is 232 cm³/mol. The second kappa shape index (κ2) is 11.3. The molecule has 258 valence electrons. The van der Waals surface area contributed by atoms with E-state index in [9.17, 15) is 0 Å². The van der Waals surface area contributed by atoms with Gasteiger partial charge in [0.1, 0.15) is 0 Å². The van der Waals surface area contributed by atoms with Crippen LogP contribution in [0.4, 0.5) is 17.1 Å². The molecule has 9 aromatic rings. The van der Waals surface area contributed by atoms with E-state index in [1.54, 1.807) is 0 Å². The van der Waals surface area contributed by atoms with Gasteiger partial charge in [0.15, 0.2) is 0 Å². The maximum atomic E-state index is 2.46. The average molecular weight is 710 g/mol. The molecule has 0 atom stereocenters. The van der Waals surface area contributed by atoms with Crippen molar-refractivity contribution < 1.29 is 0 Å². The van der Waals surface area contributed by atoms with E-state index in [2.05, 4.69) is 196 Å². The summed E-state index contributed by atoms with van der Waals surface area (Å²) in [5.74, 6) is 0. The Balaban J connectivity index is 1.07. The highest BCUT2D eigenvalue weighted by molar-refractivity contribution is 7.26. The van der Waals surface area contributed by atoms with E-state index in [0.717, 1.165) is 11.4 Å². The fourth-order valence-corrected chi connectivity index (χ4v) is 10.9. The molecule has 1 aromatic heterocycles. The van der Waals surface area contributed by atoms with Crippen LogP contribution in [0.1, 0.15) is 49.9 Å². The third-order valence-corrected chi connectivity index (χ3v) is 13.7. The van der Waals surface area contributed by atoms with Crippen LogP contribution in [0.5, 0.6) is 0 Å². The van der Waals surface area contributed by atoms with Gasteiger partial charge in [0.05, 0.1) is 5.69 Å². The van der Waals surface area contributed by atoms with Gasteiger partial charge in [0, 0.05) is 53.3 Å². The van der Waals surface area contributed by atoms with Crippen LogP contribution in [0.3, 0.4) is 0 Å². The molecule has 0 bridgehead atoms. The van der Waals surface area contributed by atoms with Crippen LogP contribution in [0, 0.1) is 0 Å². The van der Waals surface area contributed by atoms with Crippen molar-refractivity contribution in [3.8, 4) is 33.4 Å². The summed E-state index contributed by atoms with van der Waals surface area (Å²) in [6.07, 6.45) is 0. The molecule has 0 aliphatic heterocycles. The summed E-state index contributed by atoms with van der Waals surface area (Å²) >= 11 is 1.93. The van der Waals surface area contributed by atoms with Gasteiger partial charge in [0.2, 0.25) is 0 Å². The largest absolute Gasteiger partial charge is 0.310 e. The van der Waals surface area contributed by atoms with E-state index in [4.69, 9.17) is 0 Å². The normalized spacial score (nSPS) is 14.6. The van der Waals surface area contributed by atoms with Crippen LogP contribution >= 0.6 is 11.3 Å². The molecule has 8 aromatic carbocycles. The smallest absolute Gasteiger partial charge is 0.0540 e. The third kappa shape index (κ3) is 4.38. The first kappa shape index (κ1) is 31.6.